The van der Waals surface area contributed by atoms with Crippen molar-refractivity contribution in [1.82, 2.24) is 0 Å². The number of halogens is 3. The molecule has 0 aliphatic carbocycles. The van der Waals surface area contributed by atoms with Crippen LogP contribution >= 0.6 is 0 Å². The fourth-order valence-corrected chi connectivity index (χ4v) is 1.73. The summed E-state index contributed by atoms with van der Waals surface area (Å²) in [7, 11) is 0. The summed E-state index contributed by atoms with van der Waals surface area (Å²) in [6, 6.07) is 0. The van der Waals surface area contributed by atoms with Gasteiger partial charge in [0.25, 0.3) is 0 Å². The van der Waals surface area contributed by atoms with Crippen molar-refractivity contribution in [3.8, 4) is 0 Å². The summed E-state index contributed by atoms with van der Waals surface area (Å²) in [4.78, 5) is 10.4. The molecule has 0 fully saturated rings. The quantitative estimate of drug-likeness (QED) is 0.619. The summed E-state index contributed by atoms with van der Waals surface area (Å²) in [5.41, 5.74) is 0. The Morgan fingerprint density at radius 2 is 1.53 bits per heavy atom. The van der Waals surface area contributed by atoms with E-state index in [9.17, 15) is 18.0 Å². The van der Waals surface area contributed by atoms with Crippen molar-refractivity contribution >= 4 is 5.97 Å². The predicted octanol–water partition coefficient (Wildman–Crippen LogP) is 4.39. The van der Waals surface area contributed by atoms with Gasteiger partial charge in [-0.3, -0.25) is 4.79 Å². The second-order valence-electron chi connectivity index (χ2n) is 4.34. The molecule has 0 saturated carbocycles. The number of carboxylic acid groups (broad SMARTS) is 1. The summed E-state index contributed by atoms with van der Waals surface area (Å²) in [6.45, 7) is 2.10. The second kappa shape index (κ2) is 8.37. The summed E-state index contributed by atoms with van der Waals surface area (Å²) in [6.07, 6.45) is 1.42. The van der Waals surface area contributed by atoms with Crippen molar-refractivity contribution in [2.45, 2.75) is 64.5 Å². The zero-order chi connectivity index (χ0) is 13.3. The zero-order valence-electron chi connectivity index (χ0n) is 10.2. The number of hydrogen-bond donors (Lipinski definition) is 1. The van der Waals surface area contributed by atoms with Gasteiger partial charge in [-0.2, -0.15) is 13.2 Å². The minimum absolute atomic E-state index is 0.299. The monoisotopic (exact) mass is 254 g/mol. The second-order valence-corrected chi connectivity index (χ2v) is 4.34. The van der Waals surface area contributed by atoms with Crippen molar-refractivity contribution in [2.24, 2.45) is 5.92 Å². The molecule has 0 amide bonds. The van der Waals surface area contributed by atoms with E-state index in [1.54, 1.807) is 0 Å². The van der Waals surface area contributed by atoms with E-state index in [0.717, 1.165) is 32.1 Å². The van der Waals surface area contributed by atoms with Crippen LogP contribution in [0.1, 0.15) is 58.3 Å². The van der Waals surface area contributed by atoms with Gasteiger partial charge in [0.15, 0.2) is 5.92 Å². The number of alkyl halides is 3. The van der Waals surface area contributed by atoms with Crippen LogP contribution in [0.25, 0.3) is 0 Å². The van der Waals surface area contributed by atoms with Gasteiger partial charge in [-0.15, -0.1) is 0 Å². The highest BCUT2D eigenvalue weighted by atomic mass is 19.4. The van der Waals surface area contributed by atoms with Crippen LogP contribution in [0.3, 0.4) is 0 Å². The molecule has 2 nitrogen and oxygen atoms in total. The van der Waals surface area contributed by atoms with E-state index in [1.807, 2.05) is 0 Å². The number of aliphatic carboxylic acids is 1. The maximum atomic E-state index is 12.3. The zero-order valence-corrected chi connectivity index (χ0v) is 10.2. The Labute approximate surface area is 100 Å². The largest absolute Gasteiger partial charge is 0.481 e. The number of carboxylic acids is 1. The average Bonchev–Trinajstić information content (AvgIpc) is 2.19. The fraction of sp³-hybridized carbons (Fsp3) is 0.917. The van der Waals surface area contributed by atoms with Crippen LogP contribution in [0, 0.1) is 5.92 Å². The Hall–Kier alpha value is -0.740. The Morgan fingerprint density at radius 1 is 1.06 bits per heavy atom. The van der Waals surface area contributed by atoms with E-state index in [4.69, 9.17) is 5.11 Å². The third kappa shape index (κ3) is 8.05. The molecular weight excluding hydrogens is 233 g/mol. The molecule has 0 aliphatic heterocycles. The van der Waals surface area contributed by atoms with E-state index in [0.29, 0.717) is 12.8 Å². The standard InChI is InChI=1S/C12H21F3O2/c1-2-3-4-5-6-7-8-9-10(11(16)17)12(13,14)15/h10H,2-9H2,1H3,(H,16,17). The highest BCUT2D eigenvalue weighted by molar-refractivity contribution is 5.70. The van der Waals surface area contributed by atoms with Gasteiger partial charge in [0, 0.05) is 0 Å². The number of unbranched alkanes of at least 4 members (excludes halogenated alkanes) is 6. The van der Waals surface area contributed by atoms with Gasteiger partial charge in [0.1, 0.15) is 0 Å². The summed E-state index contributed by atoms with van der Waals surface area (Å²) >= 11 is 0. The molecule has 1 atom stereocenters. The van der Waals surface area contributed by atoms with Crippen LogP contribution in [-0.2, 0) is 4.79 Å². The minimum atomic E-state index is -4.62. The minimum Gasteiger partial charge on any atom is -0.481 e. The van der Waals surface area contributed by atoms with E-state index >= 15 is 0 Å². The molecule has 0 radical (unpaired) electrons. The molecule has 0 saturated heterocycles. The van der Waals surface area contributed by atoms with E-state index in [2.05, 4.69) is 6.92 Å². The first-order valence-corrected chi connectivity index (χ1v) is 6.19. The van der Waals surface area contributed by atoms with Crippen molar-refractivity contribution < 1.29 is 23.1 Å². The fourth-order valence-electron chi connectivity index (χ4n) is 1.73. The van der Waals surface area contributed by atoms with Crippen LogP contribution in [0.4, 0.5) is 13.2 Å². The molecule has 0 heterocycles. The van der Waals surface area contributed by atoms with E-state index < -0.39 is 18.1 Å². The molecule has 5 heteroatoms. The lowest BCUT2D eigenvalue weighted by Crippen LogP contribution is -2.30. The Kier molecular flexibility index (Phi) is 8.00. The molecule has 102 valence electrons. The Balaban J connectivity index is 3.67. The van der Waals surface area contributed by atoms with Crippen molar-refractivity contribution in [2.75, 3.05) is 0 Å². The molecule has 0 aromatic carbocycles. The Bertz CT molecular complexity index is 214. The number of carbonyl (C=O) groups is 1. The first-order chi connectivity index (χ1) is 7.89. The van der Waals surface area contributed by atoms with Gasteiger partial charge in [-0.1, -0.05) is 51.9 Å². The molecule has 0 bridgehead atoms. The molecule has 0 aliphatic rings. The lowest BCUT2D eigenvalue weighted by Gasteiger charge is -2.15. The average molecular weight is 254 g/mol. The third-order valence-corrected chi connectivity index (χ3v) is 2.79. The molecule has 0 aromatic heterocycles. The number of hydrogen-bond acceptors (Lipinski definition) is 1. The smallest absolute Gasteiger partial charge is 0.402 e. The summed E-state index contributed by atoms with van der Waals surface area (Å²) in [5, 5.41) is 8.46. The van der Waals surface area contributed by atoms with Crippen LogP contribution < -0.4 is 0 Å². The normalized spacial score (nSPS) is 13.6. The van der Waals surface area contributed by atoms with E-state index in [-0.39, 0.29) is 6.42 Å². The SMILES string of the molecule is CCCCCCCCCC(C(=O)O)C(F)(F)F. The van der Waals surface area contributed by atoms with Crippen LogP contribution in [-0.4, -0.2) is 17.3 Å². The first kappa shape index (κ1) is 16.3. The van der Waals surface area contributed by atoms with Crippen LogP contribution in [0.2, 0.25) is 0 Å². The number of rotatable bonds is 9. The lowest BCUT2D eigenvalue weighted by molar-refractivity contribution is -0.194. The molecule has 1 unspecified atom stereocenters. The molecule has 1 N–H and O–H groups in total. The highest BCUT2D eigenvalue weighted by Gasteiger charge is 2.44. The Morgan fingerprint density at radius 3 is 1.94 bits per heavy atom. The van der Waals surface area contributed by atoms with Gasteiger partial charge in [0.2, 0.25) is 0 Å². The van der Waals surface area contributed by atoms with Gasteiger partial charge < -0.3 is 5.11 Å². The van der Waals surface area contributed by atoms with Crippen LogP contribution in [0.15, 0.2) is 0 Å². The lowest BCUT2D eigenvalue weighted by atomic mass is 10.00. The maximum absolute atomic E-state index is 12.3. The molecule has 0 aromatic rings. The van der Waals surface area contributed by atoms with Crippen molar-refractivity contribution in [3.05, 3.63) is 0 Å². The summed E-state index contributed by atoms with van der Waals surface area (Å²) < 4.78 is 36.8. The van der Waals surface area contributed by atoms with E-state index in [1.165, 1.54) is 0 Å². The third-order valence-electron chi connectivity index (χ3n) is 2.79. The van der Waals surface area contributed by atoms with Crippen molar-refractivity contribution in [1.29, 1.82) is 0 Å². The van der Waals surface area contributed by atoms with Gasteiger partial charge in [-0.25, -0.2) is 0 Å². The summed E-state index contributed by atoms with van der Waals surface area (Å²) in [5.74, 6) is -3.96. The maximum Gasteiger partial charge on any atom is 0.402 e. The van der Waals surface area contributed by atoms with Gasteiger partial charge in [0.05, 0.1) is 0 Å². The van der Waals surface area contributed by atoms with Crippen LogP contribution in [0.5, 0.6) is 0 Å². The predicted molar refractivity (Wildman–Crippen MR) is 59.8 cm³/mol. The topological polar surface area (TPSA) is 37.3 Å². The molecule has 0 spiro atoms. The van der Waals surface area contributed by atoms with Gasteiger partial charge in [-0.05, 0) is 6.42 Å². The molecular formula is C12H21F3O2. The highest BCUT2D eigenvalue weighted by Crippen LogP contribution is 2.30. The molecule has 17 heavy (non-hydrogen) atoms. The van der Waals surface area contributed by atoms with Gasteiger partial charge >= 0.3 is 12.1 Å². The molecule has 0 rings (SSSR count). The first-order valence-electron chi connectivity index (χ1n) is 6.19. The van der Waals surface area contributed by atoms with Crippen molar-refractivity contribution in [3.63, 3.8) is 0 Å².